The van der Waals surface area contributed by atoms with Crippen molar-refractivity contribution in [3.63, 3.8) is 0 Å². The number of hydrogen-bond donors (Lipinski definition) is 1. The molecule has 0 saturated carbocycles. The second kappa shape index (κ2) is 6.77. The van der Waals surface area contributed by atoms with Gasteiger partial charge in [0.05, 0.1) is 10.0 Å². The smallest absolute Gasteiger partial charge is 0.408 e. The summed E-state index contributed by atoms with van der Waals surface area (Å²) >= 11 is 11.9. The molecule has 0 saturated heterocycles. The lowest BCUT2D eigenvalue weighted by atomic mass is 9.86. The summed E-state index contributed by atoms with van der Waals surface area (Å²) in [6.45, 7) is 3.69. The fraction of sp³-hybridized carbons (Fsp3) is 0.286. The van der Waals surface area contributed by atoms with Crippen molar-refractivity contribution >= 4 is 35.5 Å². The largest absolute Gasteiger partial charge is 0.465 e. The zero-order valence-corrected chi connectivity index (χ0v) is 12.8. The van der Waals surface area contributed by atoms with Gasteiger partial charge in [-0.2, -0.15) is 0 Å². The lowest BCUT2D eigenvalue weighted by Crippen LogP contribution is -2.47. The predicted octanol–water partition coefficient (Wildman–Crippen LogP) is 4.08. The Morgan fingerprint density at radius 3 is 2.60 bits per heavy atom. The van der Waals surface area contributed by atoms with E-state index < -0.39 is 11.6 Å². The van der Waals surface area contributed by atoms with E-state index in [1.165, 1.54) is 11.9 Å². The van der Waals surface area contributed by atoms with Gasteiger partial charge in [0.1, 0.15) is 5.54 Å². The Balaban J connectivity index is 3.52. The van der Waals surface area contributed by atoms with Crippen LogP contribution >= 0.6 is 23.2 Å². The average Bonchev–Trinajstić information content (AvgIpc) is 2.40. The minimum atomic E-state index is -1.07. The maximum atomic E-state index is 11.4. The van der Waals surface area contributed by atoms with Crippen LogP contribution in [0.5, 0.6) is 0 Å². The van der Waals surface area contributed by atoms with Gasteiger partial charge in [0.15, 0.2) is 0 Å². The zero-order chi connectivity index (χ0) is 15.3. The molecule has 6 heteroatoms. The van der Waals surface area contributed by atoms with Crippen molar-refractivity contribution in [1.82, 2.24) is 4.90 Å². The van der Waals surface area contributed by atoms with Crippen molar-refractivity contribution in [3.05, 3.63) is 46.5 Å². The molecule has 0 fully saturated rings. The number of halogens is 2. The van der Waals surface area contributed by atoms with Gasteiger partial charge in [0.2, 0.25) is 0 Å². The molecule has 0 radical (unpaired) electrons. The summed E-state index contributed by atoms with van der Waals surface area (Å²) in [6.07, 6.45) is 2.51. The van der Waals surface area contributed by atoms with Crippen molar-refractivity contribution in [1.29, 1.82) is 0 Å². The standard InChI is InChI=1S/C14H16Cl2N2O2/c1-4-7-14(9-17-2,18(3)13(19)20)10-5-6-11(15)12(16)8-10/h4-6,8-9H,1,7H2,2-3H3,(H,19,20). The minimum Gasteiger partial charge on any atom is -0.465 e. The molecule has 1 N–H and O–H groups in total. The number of carbonyl (C=O) groups is 1. The van der Waals surface area contributed by atoms with E-state index in [-0.39, 0.29) is 0 Å². The van der Waals surface area contributed by atoms with E-state index in [2.05, 4.69) is 11.6 Å². The average molecular weight is 315 g/mol. The van der Waals surface area contributed by atoms with Crippen LogP contribution in [0.1, 0.15) is 12.0 Å². The predicted molar refractivity (Wildman–Crippen MR) is 83.2 cm³/mol. The summed E-state index contributed by atoms with van der Waals surface area (Å²) in [4.78, 5) is 16.6. The van der Waals surface area contributed by atoms with Gasteiger partial charge in [-0.15, -0.1) is 6.58 Å². The molecule has 0 aliphatic heterocycles. The number of hydrogen-bond acceptors (Lipinski definition) is 2. The van der Waals surface area contributed by atoms with Gasteiger partial charge in [-0.05, 0) is 24.1 Å². The fourth-order valence-electron chi connectivity index (χ4n) is 2.03. The summed E-state index contributed by atoms with van der Waals surface area (Å²) in [5.74, 6) is 0. The van der Waals surface area contributed by atoms with Crippen molar-refractivity contribution in [2.75, 3.05) is 14.1 Å². The molecule has 20 heavy (non-hydrogen) atoms. The van der Waals surface area contributed by atoms with Gasteiger partial charge in [-0.1, -0.05) is 35.3 Å². The zero-order valence-electron chi connectivity index (χ0n) is 11.3. The molecular weight excluding hydrogens is 299 g/mol. The topological polar surface area (TPSA) is 52.9 Å². The summed E-state index contributed by atoms with van der Waals surface area (Å²) in [5, 5.41) is 10.1. The Hall–Kier alpha value is -1.52. The van der Waals surface area contributed by atoms with E-state index >= 15 is 0 Å². The quantitative estimate of drug-likeness (QED) is 0.657. The third-order valence-corrected chi connectivity index (χ3v) is 3.84. The molecule has 108 valence electrons. The van der Waals surface area contributed by atoms with Crippen molar-refractivity contribution in [3.8, 4) is 0 Å². The molecule has 4 nitrogen and oxygen atoms in total. The second-order valence-electron chi connectivity index (χ2n) is 4.27. The Bertz CT molecular complexity index is 546. The first kappa shape index (κ1) is 16.5. The van der Waals surface area contributed by atoms with Gasteiger partial charge in [0, 0.05) is 20.3 Å². The normalized spacial score (nSPS) is 14.0. The first-order valence-electron chi connectivity index (χ1n) is 5.85. The monoisotopic (exact) mass is 314 g/mol. The molecule has 0 heterocycles. The number of rotatable bonds is 5. The van der Waals surface area contributed by atoms with Crippen LogP contribution < -0.4 is 0 Å². The van der Waals surface area contributed by atoms with Gasteiger partial charge in [0.25, 0.3) is 0 Å². The van der Waals surface area contributed by atoms with Crippen LogP contribution in [0.3, 0.4) is 0 Å². The molecule has 0 spiro atoms. The number of aliphatic imine (C=N–C) groups is 1. The van der Waals surface area contributed by atoms with E-state index in [1.807, 2.05) is 0 Å². The number of amides is 1. The highest BCUT2D eigenvalue weighted by Gasteiger charge is 2.37. The third kappa shape index (κ3) is 3.14. The van der Waals surface area contributed by atoms with Gasteiger partial charge < -0.3 is 5.11 Å². The van der Waals surface area contributed by atoms with Crippen LogP contribution in [0, 0.1) is 0 Å². The molecule has 1 rings (SSSR count). The van der Waals surface area contributed by atoms with E-state index in [0.29, 0.717) is 22.0 Å². The van der Waals surface area contributed by atoms with Crippen molar-refractivity contribution in [2.24, 2.45) is 4.99 Å². The highest BCUT2D eigenvalue weighted by Crippen LogP contribution is 2.34. The molecular formula is C14H16Cl2N2O2. The van der Waals surface area contributed by atoms with Gasteiger partial charge >= 0.3 is 6.09 Å². The Labute approximate surface area is 128 Å². The fourth-order valence-corrected chi connectivity index (χ4v) is 2.33. The number of carboxylic acid groups (broad SMARTS) is 1. The highest BCUT2D eigenvalue weighted by molar-refractivity contribution is 6.42. The van der Waals surface area contributed by atoms with Crippen LogP contribution in [0.4, 0.5) is 4.79 Å². The van der Waals surface area contributed by atoms with Crippen LogP contribution in [0.15, 0.2) is 35.8 Å². The molecule has 0 aliphatic carbocycles. The number of nitrogens with zero attached hydrogens (tertiary/aromatic N) is 2. The minimum absolute atomic E-state index is 0.362. The maximum absolute atomic E-state index is 11.4. The lowest BCUT2D eigenvalue weighted by molar-refractivity contribution is 0.123. The molecule has 0 aromatic heterocycles. The highest BCUT2D eigenvalue weighted by atomic mass is 35.5. The molecule has 0 aliphatic rings. The molecule has 1 atom stereocenters. The van der Waals surface area contributed by atoms with Crippen molar-refractivity contribution in [2.45, 2.75) is 12.0 Å². The summed E-state index contributed by atoms with van der Waals surface area (Å²) < 4.78 is 0. The summed E-state index contributed by atoms with van der Waals surface area (Å²) in [7, 11) is 3.07. The van der Waals surface area contributed by atoms with Crippen LogP contribution in [-0.2, 0) is 5.54 Å². The molecule has 0 bridgehead atoms. The Kier molecular flexibility index (Phi) is 5.60. The van der Waals surface area contributed by atoms with Crippen LogP contribution in [0.25, 0.3) is 0 Å². The number of benzene rings is 1. The third-order valence-electron chi connectivity index (χ3n) is 3.10. The first-order chi connectivity index (χ1) is 9.39. The molecule has 1 unspecified atom stereocenters. The van der Waals surface area contributed by atoms with E-state index in [0.717, 1.165) is 0 Å². The molecule has 1 aromatic carbocycles. The van der Waals surface area contributed by atoms with Crippen molar-refractivity contribution < 1.29 is 9.90 Å². The van der Waals surface area contributed by atoms with Crippen LogP contribution in [-0.4, -0.2) is 36.4 Å². The van der Waals surface area contributed by atoms with E-state index in [9.17, 15) is 9.90 Å². The maximum Gasteiger partial charge on any atom is 0.408 e. The summed E-state index contributed by atoms with van der Waals surface area (Å²) in [6, 6.07) is 5.02. The SMILES string of the molecule is C=CCC(C=NC)(c1ccc(Cl)c(Cl)c1)N(C)C(=O)O. The molecule has 1 aromatic rings. The Morgan fingerprint density at radius 2 is 2.15 bits per heavy atom. The van der Waals surface area contributed by atoms with E-state index in [4.69, 9.17) is 23.2 Å². The molecule has 1 amide bonds. The van der Waals surface area contributed by atoms with Crippen LogP contribution in [0.2, 0.25) is 10.0 Å². The lowest BCUT2D eigenvalue weighted by Gasteiger charge is -2.37. The Morgan fingerprint density at radius 1 is 1.50 bits per heavy atom. The second-order valence-corrected chi connectivity index (χ2v) is 5.09. The van der Waals surface area contributed by atoms with Gasteiger partial charge in [-0.3, -0.25) is 9.89 Å². The summed E-state index contributed by atoms with van der Waals surface area (Å²) in [5.41, 5.74) is -0.279. The first-order valence-corrected chi connectivity index (χ1v) is 6.61. The van der Waals surface area contributed by atoms with E-state index in [1.54, 1.807) is 37.5 Å². The van der Waals surface area contributed by atoms with Gasteiger partial charge in [-0.25, -0.2) is 4.79 Å².